The van der Waals surface area contributed by atoms with Crippen molar-refractivity contribution in [3.05, 3.63) is 58.6 Å². The summed E-state index contributed by atoms with van der Waals surface area (Å²) in [4.78, 5) is 30.7. The monoisotopic (exact) mass is 399 g/mol. The van der Waals surface area contributed by atoms with Crippen molar-refractivity contribution in [2.45, 2.75) is 33.1 Å². The van der Waals surface area contributed by atoms with Gasteiger partial charge in [0.2, 0.25) is 5.43 Å². The fourth-order valence-corrected chi connectivity index (χ4v) is 2.96. The molecule has 0 spiro atoms. The van der Waals surface area contributed by atoms with Gasteiger partial charge < -0.3 is 14.7 Å². The largest absolute Gasteiger partial charge is 0.508 e. The van der Waals surface area contributed by atoms with Crippen molar-refractivity contribution in [2.75, 3.05) is 6.61 Å². The smallest absolute Gasteiger partial charge is 0.332 e. The number of nitrogens with zero attached hydrogens (tertiary/aromatic N) is 1. The normalized spacial score (nSPS) is 10.9. The van der Waals surface area contributed by atoms with E-state index in [1.807, 2.05) is 13.8 Å². The van der Waals surface area contributed by atoms with E-state index in [1.165, 1.54) is 36.5 Å². The number of aromatic hydroxyl groups is 1. The maximum absolute atomic E-state index is 14.7. The summed E-state index contributed by atoms with van der Waals surface area (Å²) in [5.74, 6) is -0.970. The first-order valence-electron chi connectivity index (χ1n) is 9.47. The lowest BCUT2D eigenvalue weighted by Gasteiger charge is -2.16. The van der Waals surface area contributed by atoms with Crippen LogP contribution in [0, 0.1) is 5.82 Å². The summed E-state index contributed by atoms with van der Waals surface area (Å²) in [5.41, 5.74) is 0.0889. The highest BCUT2D eigenvalue weighted by Gasteiger charge is 2.20. The molecule has 6 nitrogen and oxygen atoms in total. The van der Waals surface area contributed by atoms with Gasteiger partial charge in [-0.05, 0) is 42.7 Å². The van der Waals surface area contributed by atoms with E-state index in [1.54, 1.807) is 0 Å². The van der Waals surface area contributed by atoms with Gasteiger partial charge in [-0.1, -0.05) is 26.0 Å². The highest BCUT2D eigenvalue weighted by atomic mass is 19.1. The molecule has 0 saturated carbocycles. The van der Waals surface area contributed by atoms with Crippen LogP contribution in [0.1, 0.15) is 33.1 Å². The third kappa shape index (κ3) is 4.23. The standard InChI is InChI=1S/C22H22FNO5/c1-3-5-19(26)29-24-13-16(14-6-8-15(25)9-7-14)22(27)20-17(23)10-11-18(21(20)24)28-12-4-2/h6-11,13,25H,3-5,12H2,1-2H3. The summed E-state index contributed by atoms with van der Waals surface area (Å²) < 4.78 is 21.5. The molecule has 0 amide bonds. The van der Waals surface area contributed by atoms with Gasteiger partial charge in [0.15, 0.2) is 0 Å². The Balaban J connectivity index is 2.30. The molecule has 0 fully saturated rings. The molecule has 0 unspecified atom stereocenters. The molecule has 3 aromatic rings. The van der Waals surface area contributed by atoms with E-state index in [0.29, 0.717) is 25.0 Å². The first kappa shape index (κ1) is 20.4. The highest BCUT2D eigenvalue weighted by Crippen LogP contribution is 2.29. The number of fused-ring (bicyclic) bond motifs is 1. The molecule has 152 valence electrons. The molecule has 1 aromatic heterocycles. The van der Waals surface area contributed by atoms with Gasteiger partial charge in [0.25, 0.3) is 0 Å². The number of ether oxygens (including phenoxy) is 1. The van der Waals surface area contributed by atoms with Gasteiger partial charge in [-0.25, -0.2) is 9.18 Å². The van der Waals surface area contributed by atoms with Gasteiger partial charge in [0.1, 0.15) is 22.8 Å². The number of rotatable bonds is 7. The number of hydrogen-bond donors (Lipinski definition) is 1. The van der Waals surface area contributed by atoms with Crippen LogP contribution < -0.4 is 15.0 Å². The van der Waals surface area contributed by atoms with Crippen LogP contribution in [0.4, 0.5) is 4.39 Å². The zero-order chi connectivity index (χ0) is 21.0. The van der Waals surface area contributed by atoms with Crippen LogP contribution in [-0.4, -0.2) is 22.4 Å². The maximum Gasteiger partial charge on any atom is 0.332 e. The number of halogens is 1. The van der Waals surface area contributed by atoms with Crippen molar-refractivity contribution in [2.24, 2.45) is 0 Å². The number of phenols is 1. The lowest BCUT2D eigenvalue weighted by atomic mass is 10.0. The van der Waals surface area contributed by atoms with E-state index in [4.69, 9.17) is 9.57 Å². The molecule has 0 aliphatic rings. The van der Waals surface area contributed by atoms with Gasteiger partial charge in [0, 0.05) is 12.0 Å². The summed E-state index contributed by atoms with van der Waals surface area (Å²) in [7, 11) is 0. The number of carbonyl (C=O) groups is 1. The van der Waals surface area contributed by atoms with Crippen LogP contribution >= 0.6 is 0 Å². The lowest BCUT2D eigenvalue weighted by molar-refractivity contribution is -0.143. The van der Waals surface area contributed by atoms with Gasteiger partial charge in [-0.3, -0.25) is 4.79 Å². The summed E-state index contributed by atoms with van der Waals surface area (Å²) in [6.45, 7) is 4.11. The topological polar surface area (TPSA) is 77.8 Å². The van der Waals surface area contributed by atoms with Gasteiger partial charge in [0.05, 0.1) is 18.2 Å². The first-order chi connectivity index (χ1) is 14.0. The van der Waals surface area contributed by atoms with E-state index < -0.39 is 17.2 Å². The summed E-state index contributed by atoms with van der Waals surface area (Å²) in [5, 5.41) is 9.28. The minimum absolute atomic E-state index is 0.0330. The third-order valence-corrected chi connectivity index (χ3v) is 4.32. The molecule has 0 bridgehead atoms. The molecular formula is C22H22FNO5. The molecule has 2 aromatic carbocycles. The van der Waals surface area contributed by atoms with Crippen molar-refractivity contribution in [3.8, 4) is 22.6 Å². The zero-order valence-corrected chi connectivity index (χ0v) is 16.3. The lowest BCUT2D eigenvalue weighted by Crippen LogP contribution is -2.24. The predicted octanol–water partition coefficient (Wildman–Crippen LogP) is 4.06. The van der Waals surface area contributed by atoms with Crippen LogP contribution in [0.25, 0.3) is 22.0 Å². The minimum atomic E-state index is -0.741. The second kappa shape index (κ2) is 8.77. The van der Waals surface area contributed by atoms with E-state index in [2.05, 4.69) is 0 Å². The molecule has 3 rings (SSSR count). The van der Waals surface area contributed by atoms with Gasteiger partial charge in [-0.15, -0.1) is 0 Å². The Morgan fingerprint density at radius 2 is 1.83 bits per heavy atom. The number of phenolic OH excluding ortho intramolecular Hbond substituents is 1. The minimum Gasteiger partial charge on any atom is -0.508 e. The van der Waals surface area contributed by atoms with E-state index >= 15 is 0 Å². The number of hydrogen-bond acceptors (Lipinski definition) is 5. The molecule has 0 radical (unpaired) electrons. The Bertz CT molecular complexity index is 1090. The average Bonchev–Trinajstić information content (AvgIpc) is 2.70. The fourth-order valence-electron chi connectivity index (χ4n) is 2.96. The number of carbonyl (C=O) groups excluding carboxylic acids is 1. The van der Waals surface area contributed by atoms with Crippen molar-refractivity contribution in [1.82, 2.24) is 4.73 Å². The molecule has 0 aliphatic heterocycles. The quantitative estimate of drug-likeness (QED) is 0.648. The second-order valence-electron chi connectivity index (χ2n) is 6.58. The number of pyridine rings is 1. The molecule has 1 heterocycles. The Hall–Kier alpha value is -3.35. The molecular weight excluding hydrogens is 377 g/mol. The zero-order valence-electron chi connectivity index (χ0n) is 16.3. The maximum atomic E-state index is 14.7. The second-order valence-corrected chi connectivity index (χ2v) is 6.58. The molecule has 0 aliphatic carbocycles. The van der Waals surface area contributed by atoms with Crippen LogP contribution in [0.15, 0.2) is 47.4 Å². The van der Waals surface area contributed by atoms with Gasteiger partial charge >= 0.3 is 5.97 Å². The van der Waals surface area contributed by atoms with Crippen molar-refractivity contribution in [1.29, 1.82) is 0 Å². The number of aromatic nitrogens is 1. The SMILES string of the molecule is CCCOc1ccc(F)c2c(=O)c(-c3ccc(O)cc3)cn(OC(=O)CCC)c12. The molecule has 1 N–H and O–H groups in total. The summed E-state index contributed by atoms with van der Waals surface area (Å²) >= 11 is 0. The first-order valence-corrected chi connectivity index (χ1v) is 9.47. The average molecular weight is 399 g/mol. The Kier molecular flexibility index (Phi) is 6.16. The highest BCUT2D eigenvalue weighted by molar-refractivity contribution is 5.89. The van der Waals surface area contributed by atoms with Crippen LogP contribution in [-0.2, 0) is 4.79 Å². The third-order valence-electron chi connectivity index (χ3n) is 4.32. The molecule has 0 atom stereocenters. The van der Waals surface area contributed by atoms with Crippen LogP contribution in [0.2, 0.25) is 0 Å². The predicted molar refractivity (Wildman–Crippen MR) is 108 cm³/mol. The van der Waals surface area contributed by atoms with Crippen molar-refractivity contribution in [3.63, 3.8) is 0 Å². The van der Waals surface area contributed by atoms with Crippen molar-refractivity contribution >= 4 is 16.9 Å². The van der Waals surface area contributed by atoms with E-state index in [9.17, 15) is 19.1 Å². The molecule has 7 heteroatoms. The van der Waals surface area contributed by atoms with Crippen LogP contribution in [0.3, 0.4) is 0 Å². The number of benzene rings is 2. The Morgan fingerprint density at radius 3 is 2.48 bits per heavy atom. The van der Waals surface area contributed by atoms with Crippen molar-refractivity contribution < 1.29 is 23.9 Å². The summed E-state index contributed by atoms with van der Waals surface area (Å²) in [6, 6.07) is 8.48. The Labute approximate surface area is 167 Å². The summed E-state index contributed by atoms with van der Waals surface area (Å²) in [6.07, 6.45) is 2.81. The van der Waals surface area contributed by atoms with E-state index in [-0.39, 0.29) is 34.4 Å². The Morgan fingerprint density at radius 1 is 1.10 bits per heavy atom. The fraction of sp³-hybridized carbons (Fsp3) is 0.273. The molecule has 29 heavy (non-hydrogen) atoms. The van der Waals surface area contributed by atoms with E-state index in [0.717, 1.165) is 10.8 Å². The van der Waals surface area contributed by atoms with Gasteiger partial charge in [-0.2, -0.15) is 4.73 Å². The molecule has 0 saturated heterocycles. The van der Waals surface area contributed by atoms with Crippen LogP contribution in [0.5, 0.6) is 11.5 Å².